The van der Waals surface area contributed by atoms with E-state index in [1.165, 1.54) is 6.42 Å². The molecule has 0 heterocycles. The lowest BCUT2D eigenvalue weighted by molar-refractivity contribution is -0.121. The highest BCUT2D eigenvalue weighted by atomic mass is 16.5. The Morgan fingerprint density at radius 2 is 1.85 bits per heavy atom. The predicted octanol–water partition coefficient (Wildman–Crippen LogP) is 2.91. The number of carbonyl (C=O) groups is 2. The molecule has 2 N–H and O–H groups in total. The van der Waals surface area contributed by atoms with Gasteiger partial charge in [-0.3, -0.25) is 9.59 Å². The van der Waals surface area contributed by atoms with E-state index in [2.05, 4.69) is 17.6 Å². The Balaban J connectivity index is 1.88. The minimum atomic E-state index is -0.304. The van der Waals surface area contributed by atoms with Gasteiger partial charge in [-0.15, -0.1) is 0 Å². The molecular weight excluding hydrogens is 332 g/mol. The highest BCUT2D eigenvalue weighted by Gasteiger charge is 2.20. The normalized spacial score (nSPS) is 19.5. The van der Waals surface area contributed by atoms with Crippen LogP contribution < -0.4 is 20.1 Å². The molecule has 1 aliphatic carbocycles. The third kappa shape index (κ3) is 5.93. The van der Waals surface area contributed by atoms with Crippen LogP contribution in [0.15, 0.2) is 18.2 Å². The van der Waals surface area contributed by atoms with Gasteiger partial charge in [0.15, 0.2) is 11.5 Å². The molecule has 1 saturated carbocycles. The Bertz CT molecular complexity index is 618. The molecule has 0 aliphatic heterocycles. The molecule has 0 radical (unpaired) electrons. The van der Waals surface area contributed by atoms with Gasteiger partial charge in [-0.1, -0.05) is 19.8 Å². The Morgan fingerprint density at radius 1 is 1.12 bits per heavy atom. The number of hydrogen-bond acceptors (Lipinski definition) is 4. The summed E-state index contributed by atoms with van der Waals surface area (Å²) in [6, 6.07) is 5.25. The van der Waals surface area contributed by atoms with Crippen molar-refractivity contribution in [1.29, 1.82) is 0 Å². The molecule has 0 spiro atoms. The Morgan fingerprint density at radius 3 is 2.54 bits per heavy atom. The number of benzene rings is 1. The second kappa shape index (κ2) is 10.0. The summed E-state index contributed by atoms with van der Waals surface area (Å²) in [5.74, 6) is 1.33. The first-order valence-electron chi connectivity index (χ1n) is 9.50. The lowest BCUT2D eigenvalue weighted by Crippen LogP contribution is -2.43. The predicted molar refractivity (Wildman–Crippen MR) is 101 cm³/mol. The molecule has 0 saturated heterocycles. The van der Waals surface area contributed by atoms with Crippen molar-refractivity contribution in [1.82, 2.24) is 10.6 Å². The zero-order chi connectivity index (χ0) is 18.9. The van der Waals surface area contributed by atoms with E-state index in [1.54, 1.807) is 18.2 Å². The number of hydrogen-bond donors (Lipinski definition) is 2. The van der Waals surface area contributed by atoms with E-state index < -0.39 is 0 Å². The van der Waals surface area contributed by atoms with Crippen molar-refractivity contribution < 1.29 is 19.1 Å². The first-order valence-corrected chi connectivity index (χ1v) is 9.50. The molecule has 0 bridgehead atoms. The zero-order valence-electron chi connectivity index (χ0n) is 16.0. The number of carbonyl (C=O) groups excluding carboxylic acids is 2. The number of ether oxygens (including phenoxy) is 2. The van der Waals surface area contributed by atoms with Gasteiger partial charge in [-0.2, -0.15) is 0 Å². The van der Waals surface area contributed by atoms with Crippen LogP contribution in [0.4, 0.5) is 0 Å². The van der Waals surface area contributed by atoms with Gasteiger partial charge in [0, 0.05) is 11.6 Å². The van der Waals surface area contributed by atoms with Crippen LogP contribution in [0, 0.1) is 5.92 Å². The average molecular weight is 362 g/mol. The van der Waals surface area contributed by atoms with Gasteiger partial charge in [0.2, 0.25) is 5.91 Å². The summed E-state index contributed by atoms with van der Waals surface area (Å²) in [6.07, 6.45) is 4.39. The molecule has 2 unspecified atom stereocenters. The van der Waals surface area contributed by atoms with Crippen molar-refractivity contribution in [2.75, 3.05) is 19.8 Å². The van der Waals surface area contributed by atoms with Gasteiger partial charge < -0.3 is 20.1 Å². The van der Waals surface area contributed by atoms with Crippen molar-refractivity contribution in [3.05, 3.63) is 23.8 Å². The fraction of sp³-hybridized carbons (Fsp3) is 0.600. The topological polar surface area (TPSA) is 76.7 Å². The van der Waals surface area contributed by atoms with Crippen molar-refractivity contribution in [3.8, 4) is 11.5 Å². The van der Waals surface area contributed by atoms with E-state index in [4.69, 9.17) is 9.47 Å². The van der Waals surface area contributed by atoms with E-state index in [9.17, 15) is 9.59 Å². The summed E-state index contributed by atoms with van der Waals surface area (Å²) < 4.78 is 11.0. The third-order valence-electron chi connectivity index (χ3n) is 4.52. The molecule has 1 aromatic carbocycles. The summed E-state index contributed by atoms with van der Waals surface area (Å²) in [4.78, 5) is 24.4. The first kappa shape index (κ1) is 20.1. The van der Waals surface area contributed by atoms with Crippen LogP contribution in [-0.2, 0) is 4.79 Å². The highest BCUT2D eigenvalue weighted by molar-refractivity contribution is 5.97. The Hall–Kier alpha value is -2.24. The number of rotatable bonds is 8. The fourth-order valence-electron chi connectivity index (χ4n) is 3.30. The summed E-state index contributed by atoms with van der Waals surface area (Å²) in [5.41, 5.74) is 0.441. The summed E-state index contributed by atoms with van der Waals surface area (Å²) in [7, 11) is 0. The van der Waals surface area contributed by atoms with Crippen LogP contribution in [0.5, 0.6) is 11.5 Å². The van der Waals surface area contributed by atoms with Crippen LogP contribution >= 0.6 is 0 Å². The number of amides is 2. The van der Waals surface area contributed by atoms with E-state index in [0.717, 1.165) is 19.3 Å². The maximum Gasteiger partial charge on any atom is 0.251 e. The molecule has 0 aromatic heterocycles. The van der Waals surface area contributed by atoms with E-state index >= 15 is 0 Å². The van der Waals surface area contributed by atoms with Crippen LogP contribution in [0.1, 0.15) is 56.8 Å². The summed E-state index contributed by atoms with van der Waals surface area (Å²) in [5, 5.41) is 5.69. The molecule has 2 rings (SSSR count). The standard InChI is InChI=1S/C20H30N2O4/c1-4-25-17-10-9-15(12-18(17)26-5-2)20(24)21-13-19(23)22-16-8-6-7-14(3)11-16/h9-10,12,14,16H,4-8,11,13H2,1-3H3,(H,21,24)(H,22,23). The minimum Gasteiger partial charge on any atom is -0.490 e. The quantitative estimate of drug-likeness (QED) is 0.745. The van der Waals surface area contributed by atoms with Gasteiger partial charge in [-0.05, 0) is 50.8 Å². The van der Waals surface area contributed by atoms with Gasteiger partial charge in [0.05, 0.1) is 19.8 Å². The lowest BCUT2D eigenvalue weighted by Gasteiger charge is -2.27. The molecular formula is C20H30N2O4. The molecule has 26 heavy (non-hydrogen) atoms. The Kier molecular flexibility index (Phi) is 7.75. The minimum absolute atomic E-state index is 0.0269. The largest absolute Gasteiger partial charge is 0.490 e. The molecule has 144 valence electrons. The van der Waals surface area contributed by atoms with Crippen molar-refractivity contribution >= 4 is 11.8 Å². The van der Waals surface area contributed by atoms with Gasteiger partial charge in [0.25, 0.3) is 5.91 Å². The molecule has 2 atom stereocenters. The monoisotopic (exact) mass is 362 g/mol. The summed E-state index contributed by atoms with van der Waals surface area (Å²) >= 11 is 0. The smallest absolute Gasteiger partial charge is 0.251 e. The lowest BCUT2D eigenvalue weighted by atomic mass is 9.87. The maximum atomic E-state index is 12.3. The second-order valence-electron chi connectivity index (χ2n) is 6.75. The average Bonchev–Trinajstić information content (AvgIpc) is 2.61. The molecule has 6 nitrogen and oxygen atoms in total. The summed E-state index contributed by atoms with van der Waals surface area (Å²) in [6.45, 7) is 6.95. The molecule has 1 aromatic rings. The van der Waals surface area contributed by atoms with Crippen molar-refractivity contribution in [3.63, 3.8) is 0 Å². The van der Waals surface area contributed by atoms with Crippen LogP contribution in [-0.4, -0.2) is 37.6 Å². The van der Waals surface area contributed by atoms with Crippen LogP contribution in [0.3, 0.4) is 0 Å². The van der Waals surface area contributed by atoms with E-state index in [1.807, 2.05) is 13.8 Å². The molecule has 6 heteroatoms. The van der Waals surface area contributed by atoms with Crippen molar-refractivity contribution in [2.45, 2.75) is 52.5 Å². The first-order chi connectivity index (χ1) is 12.5. The van der Waals surface area contributed by atoms with Crippen molar-refractivity contribution in [2.24, 2.45) is 5.92 Å². The highest BCUT2D eigenvalue weighted by Crippen LogP contribution is 2.28. The van der Waals surface area contributed by atoms with Crippen LogP contribution in [0.25, 0.3) is 0 Å². The van der Waals surface area contributed by atoms with Gasteiger partial charge >= 0.3 is 0 Å². The molecule has 2 amide bonds. The molecule has 1 fully saturated rings. The van der Waals surface area contributed by atoms with E-state index in [0.29, 0.717) is 36.2 Å². The number of nitrogens with one attached hydrogen (secondary N) is 2. The molecule has 1 aliphatic rings. The van der Waals surface area contributed by atoms with E-state index in [-0.39, 0.29) is 24.4 Å². The second-order valence-corrected chi connectivity index (χ2v) is 6.75. The Labute approximate surface area is 155 Å². The van der Waals surface area contributed by atoms with Crippen LogP contribution in [0.2, 0.25) is 0 Å². The fourth-order valence-corrected chi connectivity index (χ4v) is 3.30. The van der Waals surface area contributed by atoms with Gasteiger partial charge in [-0.25, -0.2) is 0 Å². The maximum absolute atomic E-state index is 12.3. The zero-order valence-corrected chi connectivity index (χ0v) is 16.0. The third-order valence-corrected chi connectivity index (χ3v) is 4.52. The SMILES string of the molecule is CCOc1ccc(C(=O)NCC(=O)NC2CCCC(C)C2)cc1OCC. The van der Waals surface area contributed by atoms with Gasteiger partial charge in [0.1, 0.15) is 0 Å².